The third-order valence-electron chi connectivity index (χ3n) is 18.9. The Morgan fingerprint density at radius 2 is 1.49 bits per heavy atom. The highest BCUT2D eigenvalue weighted by atomic mass is 16.7. The van der Waals surface area contributed by atoms with Crippen LogP contribution in [0.3, 0.4) is 0 Å². The molecule has 2 unspecified atom stereocenters. The monoisotopic (exact) mass is 777 g/mol. The molecule has 7 fully saturated rings. The van der Waals surface area contributed by atoms with Crippen LogP contribution >= 0.6 is 0 Å². The molecule has 7 N–H and O–H groups in total. The maximum absolute atomic E-state index is 11.8. The molecule has 0 radical (unpaired) electrons. The summed E-state index contributed by atoms with van der Waals surface area (Å²) in [6.07, 6.45) is 1.65. The molecule has 55 heavy (non-hydrogen) atoms. The summed E-state index contributed by atoms with van der Waals surface area (Å²) in [4.78, 5) is 0. The average Bonchev–Trinajstić information content (AvgIpc) is 3.41. The van der Waals surface area contributed by atoms with Crippen molar-refractivity contribution in [3.63, 3.8) is 0 Å². The first-order chi connectivity index (χ1) is 25.7. The Balaban J connectivity index is 1.05. The van der Waals surface area contributed by atoms with Crippen LogP contribution in [0.25, 0.3) is 0 Å². The van der Waals surface area contributed by atoms with E-state index in [0.717, 1.165) is 25.9 Å². The predicted molar refractivity (Wildman–Crippen MR) is 203 cm³/mol. The second-order valence-electron chi connectivity index (χ2n) is 21.9. The van der Waals surface area contributed by atoms with E-state index in [9.17, 15) is 35.7 Å². The average molecular weight is 777 g/mol. The van der Waals surface area contributed by atoms with Crippen LogP contribution in [0, 0.1) is 62.1 Å². The molecule has 0 aromatic carbocycles. The van der Waals surface area contributed by atoms with Crippen LogP contribution in [0.4, 0.5) is 0 Å². The largest absolute Gasteiger partial charge is 0.396 e. The van der Waals surface area contributed by atoms with Crippen molar-refractivity contribution in [1.29, 1.82) is 0 Å². The van der Waals surface area contributed by atoms with E-state index < -0.39 is 67.1 Å². The first-order valence-corrected chi connectivity index (χ1v) is 21.6. The van der Waals surface area contributed by atoms with Gasteiger partial charge in [0.05, 0.1) is 43.7 Å². The first-order valence-electron chi connectivity index (χ1n) is 21.6. The maximum atomic E-state index is 11.8. The molecule has 6 aliphatic carbocycles. The van der Waals surface area contributed by atoms with Gasteiger partial charge in [0.15, 0.2) is 6.29 Å². The highest BCUT2D eigenvalue weighted by molar-refractivity contribution is 5.35. The fraction of sp³-hybridized carbons (Fsp3) is 0.955. The summed E-state index contributed by atoms with van der Waals surface area (Å²) in [7, 11) is 0. The molecule has 2 bridgehead atoms. The summed E-state index contributed by atoms with van der Waals surface area (Å²) in [5, 5.41) is 75.3. The fourth-order valence-corrected chi connectivity index (χ4v) is 15.2. The molecule has 5 saturated carbocycles. The third-order valence-corrected chi connectivity index (χ3v) is 18.9. The SMILES string of the molecule is C[C@H]1C[C@@H](O[C@H]2CC[C@@]3(C)[C@@H](CC[C@]4(C)[C@@H]3C=C[C@]35OC[C@@]6(CCC(C)(C)C[C@H]63)[C@@H](C)C[C@]54C)[C@]2(C)CO)[C@H](O)[C@@H](O[C@@H]2OC(CO)[C@@H](O)[C@@H](O)C2O)[C@H]1O. The van der Waals surface area contributed by atoms with Crippen LogP contribution in [-0.4, -0.2) is 122 Å². The summed E-state index contributed by atoms with van der Waals surface area (Å²) in [5.74, 6) is 1.21. The van der Waals surface area contributed by atoms with Crippen molar-refractivity contribution in [3.8, 4) is 0 Å². The molecular weight excluding hydrogens is 704 g/mol. The summed E-state index contributed by atoms with van der Waals surface area (Å²) in [6.45, 7) is 19.2. The highest BCUT2D eigenvalue weighted by Gasteiger charge is 2.78. The standard InChI is InChI=1S/C44H72O11/c1-23-17-25(33(49)36(31(23)47)55-37-35(51)34(50)32(48)26(20-45)54-37)53-30-11-12-39(5)27(40(30,6)21-46)9-13-41(7)28(39)10-14-44-29-19-38(3,4)15-16-43(29,22-52-44)24(2)18-42(41,44)8/h10,14,23-37,45-51H,9,11-13,15-22H2,1-8H3/t23-,24-,25+,26?,27+,28+,29+,30-,31-,32+,33-,34+,35?,36-,37-,39-,40-,41+,42-,43-,44-/m0/s1. The van der Waals surface area contributed by atoms with Gasteiger partial charge in [0, 0.05) is 22.2 Å². The van der Waals surface area contributed by atoms with Crippen LogP contribution in [0.2, 0.25) is 0 Å². The molecule has 314 valence electrons. The van der Waals surface area contributed by atoms with Crippen molar-refractivity contribution in [2.24, 2.45) is 62.1 Å². The van der Waals surface area contributed by atoms with Gasteiger partial charge in [0.1, 0.15) is 36.6 Å². The van der Waals surface area contributed by atoms with Crippen LogP contribution in [-0.2, 0) is 18.9 Å². The van der Waals surface area contributed by atoms with E-state index in [1.54, 1.807) is 0 Å². The minimum Gasteiger partial charge on any atom is -0.396 e. The van der Waals surface area contributed by atoms with Crippen molar-refractivity contribution in [2.75, 3.05) is 19.8 Å². The van der Waals surface area contributed by atoms with Gasteiger partial charge in [-0.25, -0.2) is 0 Å². The second kappa shape index (κ2) is 13.4. The number of hydrogen-bond donors (Lipinski definition) is 7. The number of rotatable bonds is 6. The summed E-state index contributed by atoms with van der Waals surface area (Å²) in [6, 6.07) is 0. The van der Waals surface area contributed by atoms with Crippen molar-refractivity contribution in [3.05, 3.63) is 12.2 Å². The van der Waals surface area contributed by atoms with Crippen molar-refractivity contribution >= 4 is 0 Å². The molecule has 1 spiro atoms. The number of hydrogen-bond acceptors (Lipinski definition) is 11. The molecule has 2 heterocycles. The molecule has 2 aliphatic heterocycles. The predicted octanol–water partition coefficient (Wildman–Crippen LogP) is 3.72. The molecule has 0 aromatic heterocycles. The van der Waals surface area contributed by atoms with Crippen molar-refractivity contribution in [2.45, 2.75) is 180 Å². The lowest BCUT2D eigenvalue weighted by Crippen LogP contribution is -2.72. The smallest absolute Gasteiger partial charge is 0.187 e. The Morgan fingerprint density at radius 3 is 2.18 bits per heavy atom. The van der Waals surface area contributed by atoms with Crippen LogP contribution in [0.15, 0.2) is 12.2 Å². The van der Waals surface area contributed by atoms with Gasteiger partial charge >= 0.3 is 0 Å². The zero-order valence-electron chi connectivity index (χ0n) is 34.6. The number of aliphatic hydroxyl groups excluding tert-OH is 7. The Morgan fingerprint density at radius 1 is 0.764 bits per heavy atom. The van der Waals surface area contributed by atoms with Crippen molar-refractivity contribution < 1.29 is 54.7 Å². The summed E-state index contributed by atoms with van der Waals surface area (Å²) in [5.41, 5.74) is -0.439. The van der Waals surface area contributed by atoms with Gasteiger partial charge in [0.25, 0.3) is 0 Å². The number of aliphatic hydroxyl groups is 7. The Labute approximate surface area is 328 Å². The van der Waals surface area contributed by atoms with Gasteiger partial charge in [-0.1, -0.05) is 67.5 Å². The zero-order valence-corrected chi connectivity index (χ0v) is 34.6. The quantitative estimate of drug-likeness (QED) is 0.196. The van der Waals surface area contributed by atoms with Crippen LogP contribution in [0.5, 0.6) is 0 Å². The van der Waals surface area contributed by atoms with E-state index in [1.807, 2.05) is 6.92 Å². The molecule has 11 heteroatoms. The first kappa shape index (κ1) is 41.1. The molecule has 11 nitrogen and oxygen atoms in total. The van der Waals surface area contributed by atoms with E-state index in [0.29, 0.717) is 36.0 Å². The van der Waals surface area contributed by atoms with E-state index in [4.69, 9.17) is 18.9 Å². The van der Waals surface area contributed by atoms with E-state index >= 15 is 0 Å². The summed E-state index contributed by atoms with van der Waals surface area (Å²) < 4.78 is 25.8. The Kier molecular flexibility index (Phi) is 10.0. The lowest BCUT2D eigenvalue weighted by molar-refractivity contribution is -0.336. The number of allylic oxidation sites excluding steroid dienone is 1. The van der Waals surface area contributed by atoms with Gasteiger partial charge in [-0.2, -0.15) is 0 Å². The molecule has 21 atom stereocenters. The minimum atomic E-state index is -1.67. The molecule has 0 amide bonds. The van der Waals surface area contributed by atoms with Gasteiger partial charge in [-0.05, 0) is 97.7 Å². The van der Waals surface area contributed by atoms with E-state index in [1.165, 1.54) is 25.7 Å². The van der Waals surface area contributed by atoms with E-state index in [2.05, 4.69) is 60.6 Å². The van der Waals surface area contributed by atoms with Gasteiger partial charge in [0.2, 0.25) is 0 Å². The fourth-order valence-electron chi connectivity index (χ4n) is 15.2. The molecule has 0 aromatic rings. The minimum absolute atomic E-state index is 0.00349. The van der Waals surface area contributed by atoms with Gasteiger partial charge in [-0.15, -0.1) is 0 Å². The van der Waals surface area contributed by atoms with Gasteiger partial charge in [-0.3, -0.25) is 0 Å². The number of ether oxygens (including phenoxy) is 4. The Bertz CT molecular complexity index is 1490. The van der Waals surface area contributed by atoms with Gasteiger partial charge < -0.3 is 54.7 Å². The van der Waals surface area contributed by atoms with Crippen LogP contribution < -0.4 is 0 Å². The molecule has 8 aliphatic rings. The zero-order chi connectivity index (χ0) is 39.9. The Hall–Kier alpha value is -0.700. The third kappa shape index (κ3) is 5.46. The molecular formula is C44H72O11. The number of fused-ring (bicyclic) bond motifs is 4. The lowest BCUT2D eigenvalue weighted by atomic mass is 9.31. The van der Waals surface area contributed by atoms with Crippen LogP contribution in [0.1, 0.15) is 113 Å². The normalized spacial score (nSPS) is 59.7. The summed E-state index contributed by atoms with van der Waals surface area (Å²) >= 11 is 0. The topological polar surface area (TPSA) is 179 Å². The molecule has 8 rings (SSSR count). The highest BCUT2D eigenvalue weighted by Crippen LogP contribution is 2.80. The van der Waals surface area contributed by atoms with E-state index in [-0.39, 0.29) is 51.8 Å². The maximum Gasteiger partial charge on any atom is 0.187 e. The van der Waals surface area contributed by atoms with Crippen molar-refractivity contribution in [1.82, 2.24) is 0 Å². The second-order valence-corrected chi connectivity index (χ2v) is 21.9. The lowest BCUT2D eigenvalue weighted by Gasteiger charge is -2.73. The molecule has 2 saturated heterocycles.